The van der Waals surface area contributed by atoms with Crippen molar-refractivity contribution in [2.75, 3.05) is 40.3 Å². The third-order valence-corrected chi connectivity index (χ3v) is 6.82. The Morgan fingerprint density at radius 1 is 1.14 bits per heavy atom. The number of hydrogen-bond donors (Lipinski definition) is 0. The zero-order valence-electron chi connectivity index (χ0n) is 14.9. The monoisotopic (exact) mass is 333 g/mol. The van der Waals surface area contributed by atoms with E-state index < -0.39 is 7.67 Å². The molecule has 0 aromatic carbocycles. The molecule has 1 fully saturated rings. The largest absolute Gasteiger partial charge is 0.345 e. The second kappa shape index (κ2) is 8.44. The zero-order chi connectivity index (χ0) is 16.9. The molecule has 1 saturated heterocycles. The van der Waals surface area contributed by atoms with Gasteiger partial charge < -0.3 is 9.42 Å². The maximum Gasteiger partial charge on any atom is 0.345 e. The van der Waals surface area contributed by atoms with Crippen LogP contribution in [0.3, 0.4) is 0 Å². The third kappa shape index (κ3) is 4.54. The lowest BCUT2D eigenvalue weighted by Crippen LogP contribution is -2.50. The smallest absolute Gasteiger partial charge is 0.340 e. The second-order valence-electron chi connectivity index (χ2n) is 6.32. The van der Waals surface area contributed by atoms with Crippen LogP contribution in [0.5, 0.6) is 0 Å². The highest BCUT2D eigenvalue weighted by molar-refractivity contribution is 7.53. The van der Waals surface area contributed by atoms with E-state index in [1.165, 1.54) is 0 Å². The van der Waals surface area contributed by atoms with E-state index in [-0.39, 0.29) is 17.9 Å². The number of carbonyl (C=O) groups is 1. The summed E-state index contributed by atoms with van der Waals surface area (Å²) >= 11 is 0. The highest BCUT2D eigenvalue weighted by Crippen LogP contribution is 2.54. The maximum absolute atomic E-state index is 13.3. The standard InChI is InChI=1S/C15H32N3O3P/c1-7-14(8-2)21-22(20,16(5)6)18-11-9-17(10-12-18)15(19)13(3)4/h13-14H,7-12H2,1-6H3. The predicted molar refractivity (Wildman–Crippen MR) is 89.7 cm³/mol. The van der Waals surface area contributed by atoms with Gasteiger partial charge in [-0.3, -0.25) is 9.36 Å². The van der Waals surface area contributed by atoms with Gasteiger partial charge in [-0.15, -0.1) is 0 Å². The number of rotatable bonds is 7. The summed E-state index contributed by atoms with van der Waals surface area (Å²) in [5.41, 5.74) is 0. The van der Waals surface area contributed by atoms with Crippen molar-refractivity contribution >= 4 is 13.6 Å². The predicted octanol–water partition coefficient (Wildman–Crippen LogP) is 2.66. The number of piperazine rings is 1. The van der Waals surface area contributed by atoms with Crippen LogP contribution < -0.4 is 0 Å². The van der Waals surface area contributed by atoms with Crippen LogP contribution >= 0.6 is 7.67 Å². The third-order valence-electron chi connectivity index (χ3n) is 4.12. The van der Waals surface area contributed by atoms with Crippen molar-refractivity contribution < 1.29 is 13.9 Å². The Hall–Kier alpha value is -0.420. The lowest BCUT2D eigenvalue weighted by Gasteiger charge is -2.41. The molecule has 7 heteroatoms. The molecule has 0 spiro atoms. The van der Waals surface area contributed by atoms with Gasteiger partial charge in [-0.1, -0.05) is 27.7 Å². The van der Waals surface area contributed by atoms with Crippen molar-refractivity contribution in [2.24, 2.45) is 5.92 Å². The van der Waals surface area contributed by atoms with E-state index in [2.05, 4.69) is 0 Å². The molecular weight excluding hydrogens is 301 g/mol. The molecular formula is C15H32N3O3P. The Balaban J connectivity index is 2.76. The SMILES string of the molecule is CCC(CC)OP(=O)(N(C)C)N1CCN(C(=O)C(C)C)CC1. The molecule has 0 aliphatic carbocycles. The fraction of sp³-hybridized carbons (Fsp3) is 0.933. The topological polar surface area (TPSA) is 53.1 Å². The summed E-state index contributed by atoms with van der Waals surface area (Å²) in [6.45, 7) is 10.3. The lowest BCUT2D eigenvalue weighted by atomic mass is 10.2. The number of amides is 1. The first-order valence-electron chi connectivity index (χ1n) is 8.26. The van der Waals surface area contributed by atoms with Gasteiger partial charge in [0.25, 0.3) is 0 Å². The van der Waals surface area contributed by atoms with Crippen molar-refractivity contribution in [2.45, 2.75) is 46.6 Å². The zero-order valence-corrected chi connectivity index (χ0v) is 15.8. The molecule has 22 heavy (non-hydrogen) atoms. The van der Waals surface area contributed by atoms with Crippen LogP contribution in [0, 0.1) is 5.92 Å². The van der Waals surface area contributed by atoms with Gasteiger partial charge in [0.15, 0.2) is 0 Å². The van der Waals surface area contributed by atoms with Crippen LogP contribution in [0.1, 0.15) is 40.5 Å². The summed E-state index contributed by atoms with van der Waals surface area (Å²) in [4.78, 5) is 13.9. The maximum atomic E-state index is 13.3. The van der Waals surface area contributed by atoms with Gasteiger partial charge in [0.2, 0.25) is 5.91 Å². The molecule has 6 nitrogen and oxygen atoms in total. The van der Waals surface area contributed by atoms with Gasteiger partial charge in [0, 0.05) is 32.1 Å². The first kappa shape index (κ1) is 19.6. The van der Waals surface area contributed by atoms with Crippen LogP contribution in [-0.2, 0) is 13.9 Å². The van der Waals surface area contributed by atoms with E-state index in [0.29, 0.717) is 26.2 Å². The van der Waals surface area contributed by atoms with Crippen LogP contribution in [0.4, 0.5) is 0 Å². The van der Waals surface area contributed by atoms with Crippen LogP contribution in [-0.4, -0.2) is 66.5 Å². The molecule has 1 unspecified atom stereocenters. The lowest BCUT2D eigenvalue weighted by molar-refractivity contribution is -0.135. The van der Waals surface area contributed by atoms with Gasteiger partial charge in [0.05, 0.1) is 6.10 Å². The Morgan fingerprint density at radius 2 is 1.64 bits per heavy atom. The van der Waals surface area contributed by atoms with Gasteiger partial charge in [-0.25, -0.2) is 9.34 Å². The molecule has 1 aliphatic rings. The minimum Gasteiger partial charge on any atom is -0.340 e. The first-order chi connectivity index (χ1) is 10.3. The fourth-order valence-corrected chi connectivity index (χ4v) is 4.78. The van der Waals surface area contributed by atoms with Crippen LogP contribution in [0.2, 0.25) is 0 Å². The molecule has 1 atom stereocenters. The van der Waals surface area contributed by atoms with E-state index in [4.69, 9.17) is 4.52 Å². The molecule has 0 aromatic rings. The van der Waals surface area contributed by atoms with E-state index in [1.807, 2.05) is 37.3 Å². The van der Waals surface area contributed by atoms with Crippen LogP contribution in [0.15, 0.2) is 0 Å². The van der Waals surface area contributed by atoms with E-state index in [9.17, 15) is 9.36 Å². The van der Waals surface area contributed by atoms with Gasteiger partial charge in [-0.2, -0.15) is 0 Å². The summed E-state index contributed by atoms with van der Waals surface area (Å²) < 4.78 is 22.9. The van der Waals surface area contributed by atoms with Gasteiger partial charge >= 0.3 is 7.67 Å². The molecule has 0 N–H and O–H groups in total. The minimum absolute atomic E-state index is 0.00330. The van der Waals surface area contributed by atoms with E-state index in [0.717, 1.165) is 12.8 Å². The Kier molecular flexibility index (Phi) is 7.53. The normalized spacial score (nSPS) is 20.0. The van der Waals surface area contributed by atoms with E-state index in [1.54, 1.807) is 18.8 Å². The summed E-state index contributed by atoms with van der Waals surface area (Å²) in [5.74, 6) is 0.174. The highest BCUT2D eigenvalue weighted by atomic mass is 31.2. The van der Waals surface area contributed by atoms with Gasteiger partial charge in [-0.05, 0) is 26.9 Å². The molecule has 1 amide bonds. The number of carbonyl (C=O) groups excluding carboxylic acids is 1. The molecule has 130 valence electrons. The minimum atomic E-state index is -3.01. The molecule has 1 aliphatic heterocycles. The summed E-state index contributed by atoms with van der Waals surface area (Å²) in [6.07, 6.45) is 1.70. The van der Waals surface area contributed by atoms with Crippen molar-refractivity contribution in [1.29, 1.82) is 0 Å². The summed E-state index contributed by atoms with van der Waals surface area (Å²) in [7, 11) is 0.593. The quantitative estimate of drug-likeness (QED) is 0.671. The molecule has 0 aromatic heterocycles. The summed E-state index contributed by atoms with van der Waals surface area (Å²) in [6, 6.07) is 0. The number of nitrogens with zero attached hydrogens (tertiary/aromatic N) is 3. The van der Waals surface area contributed by atoms with Crippen molar-refractivity contribution in [3.63, 3.8) is 0 Å². The van der Waals surface area contributed by atoms with Crippen molar-refractivity contribution in [3.8, 4) is 0 Å². The average Bonchev–Trinajstić information content (AvgIpc) is 2.51. The van der Waals surface area contributed by atoms with Gasteiger partial charge in [0.1, 0.15) is 0 Å². The van der Waals surface area contributed by atoms with Crippen molar-refractivity contribution in [3.05, 3.63) is 0 Å². The Morgan fingerprint density at radius 3 is 2.00 bits per heavy atom. The molecule has 0 saturated carbocycles. The average molecular weight is 333 g/mol. The summed E-state index contributed by atoms with van der Waals surface area (Å²) in [5, 5.41) is 0. The van der Waals surface area contributed by atoms with Crippen LogP contribution in [0.25, 0.3) is 0 Å². The molecule has 0 radical (unpaired) electrons. The second-order valence-corrected chi connectivity index (χ2v) is 8.87. The van der Waals surface area contributed by atoms with E-state index >= 15 is 0 Å². The molecule has 1 heterocycles. The molecule has 0 bridgehead atoms. The first-order valence-corrected chi connectivity index (χ1v) is 9.79. The molecule has 1 rings (SSSR count). The van der Waals surface area contributed by atoms with Crippen molar-refractivity contribution in [1.82, 2.24) is 14.2 Å². The Bertz CT molecular complexity index is 403. The number of hydrogen-bond acceptors (Lipinski definition) is 3. The Labute approximate surface area is 135 Å². The highest BCUT2D eigenvalue weighted by Gasteiger charge is 2.39. The fourth-order valence-electron chi connectivity index (χ4n) is 2.58.